The maximum atomic E-state index is 13.7. The topological polar surface area (TPSA) is 118 Å². The molecule has 1 saturated heterocycles. The largest absolute Gasteiger partial charge is 0.375 e. The first-order chi connectivity index (χ1) is 16.1. The molecule has 0 saturated carbocycles. The SMILES string of the molecule is COC1(C)CN(c2ccc(-c3cnc(NC(C)=O)cc3Nc3ccnc(C(C)(F)F)n3)nn2)C1. The first-order valence-corrected chi connectivity index (χ1v) is 10.5. The van der Waals surface area contributed by atoms with E-state index in [9.17, 15) is 13.6 Å². The summed E-state index contributed by atoms with van der Waals surface area (Å²) >= 11 is 0. The number of hydrogen-bond donors (Lipinski definition) is 2. The van der Waals surface area contributed by atoms with E-state index in [1.54, 1.807) is 19.2 Å². The number of nitrogens with zero attached hydrogens (tertiary/aromatic N) is 6. The fraction of sp³-hybridized carbons (Fsp3) is 0.364. The third-order valence-corrected chi connectivity index (χ3v) is 5.31. The van der Waals surface area contributed by atoms with Crippen LogP contribution < -0.4 is 15.5 Å². The van der Waals surface area contributed by atoms with Crippen molar-refractivity contribution < 1.29 is 18.3 Å². The molecule has 1 aliphatic rings. The number of anilines is 4. The molecule has 0 aliphatic carbocycles. The van der Waals surface area contributed by atoms with Crippen LogP contribution in [0.4, 0.5) is 31.9 Å². The molecule has 0 aromatic carbocycles. The monoisotopic (exact) mass is 470 g/mol. The number of amides is 1. The normalized spacial score (nSPS) is 14.9. The van der Waals surface area contributed by atoms with Gasteiger partial charge in [-0.15, -0.1) is 10.2 Å². The number of carbonyl (C=O) groups excluding carboxylic acids is 1. The Balaban J connectivity index is 1.64. The Bertz CT molecular complexity index is 1190. The Morgan fingerprint density at radius 2 is 1.94 bits per heavy atom. The van der Waals surface area contributed by atoms with Crippen LogP contribution in [0.15, 0.2) is 36.7 Å². The summed E-state index contributed by atoms with van der Waals surface area (Å²) in [4.78, 5) is 25.3. The molecule has 4 heterocycles. The molecule has 0 bridgehead atoms. The van der Waals surface area contributed by atoms with Gasteiger partial charge in [-0.05, 0) is 25.1 Å². The van der Waals surface area contributed by atoms with Crippen molar-refractivity contribution in [3.63, 3.8) is 0 Å². The predicted octanol–water partition coefficient (Wildman–Crippen LogP) is 3.37. The van der Waals surface area contributed by atoms with Crippen LogP contribution in [-0.2, 0) is 15.5 Å². The molecular weight excluding hydrogens is 446 g/mol. The zero-order chi connectivity index (χ0) is 24.5. The van der Waals surface area contributed by atoms with Gasteiger partial charge >= 0.3 is 5.92 Å². The second-order valence-electron chi connectivity index (χ2n) is 8.36. The van der Waals surface area contributed by atoms with Gasteiger partial charge in [0.15, 0.2) is 5.82 Å². The minimum absolute atomic E-state index is 0.150. The Morgan fingerprint density at radius 1 is 1.18 bits per heavy atom. The maximum absolute atomic E-state index is 13.7. The van der Waals surface area contributed by atoms with E-state index in [1.807, 2.05) is 17.9 Å². The summed E-state index contributed by atoms with van der Waals surface area (Å²) in [6, 6.07) is 6.65. The van der Waals surface area contributed by atoms with Gasteiger partial charge in [0.05, 0.1) is 30.1 Å². The van der Waals surface area contributed by atoms with Gasteiger partial charge in [-0.25, -0.2) is 15.0 Å². The lowest BCUT2D eigenvalue weighted by Gasteiger charge is -2.47. The second-order valence-corrected chi connectivity index (χ2v) is 8.36. The van der Waals surface area contributed by atoms with Crippen molar-refractivity contribution in [3.05, 3.63) is 42.5 Å². The Kier molecular flexibility index (Phi) is 6.09. The van der Waals surface area contributed by atoms with Crippen molar-refractivity contribution in [3.8, 4) is 11.3 Å². The number of pyridine rings is 1. The molecule has 0 radical (unpaired) electrons. The molecule has 3 aromatic rings. The fourth-order valence-corrected chi connectivity index (χ4v) is 3.48. The summed E-state index contributed by atoms with van der Waals surface area (Å²) in [7, 11) is 1.68. The lowest BCUT2D eigenvalue weighted by atomic mass is 9.96. The highest BCUT2D eigenvalue weighted by Crippen LogP contribution is 2.33. The van der Waals surface area contributed by atoms with Gasteiger partial charge in [0.2, 0.25) is 11.7 Å². The number of halogens is 2. The van der Waals surface area contributed by atoms with E-state index in [1.165, 1.54) is 25.4 Å². The molecule has 0 spiro atoms. The minimum atomic E-state index is -3.20. The zero-order valence-corrected chi connectivity index (χ0v) is 19.1. The van der Waals surface area contributed by atoms with Crippen molar-refractivity contribution in [2.24, 2.45) is 0 Å². The Morgan fingerprint density at radius 3 is 2.56 bits per heavy atom. The molecule has 10 nitrogen and oxygen atoms in total. The van der Waals surface area contributed by atoms with Crippen LogP contribution in [0.1, 0.15) is 26.6 Å². The lowest BCUT2D eigenvalue weighted by molar-refractivity contribution is -0.114. The zero-order valence-electron chi connectivity index (χ0n) is 19.1. The third-order valence-electron chi connectivity index (χ3n) is 5.31. The van der Waals surface area contributed by atoms with Gasteiger partial charge in [-0.3, -0.25) is 4.79 Å². The number of nitrogens with one attached hydrogen (secondary N) is 2. The molecular formula is C22H24F2N8O2. The van der Waals surface area contributed by atoms with Gasteiger partial charge in [-0.1, -0.05) is 0 Å². The van der Waals surface area contributed by atoms with E-state index < -0.39 is 11.7 Å². The van der Waals surface area contributed by atoms with Crippen LogP contribution in [-0.4, -0.2) is 56.9 Å². The quantitative estimate of drug-likeness (QED) is 0.536. The molecule has 1 fully saturated rings. The maximum Gasteiger partial charge on any atom is 0.303 e. The van der Waals surface area contributed by atoms with Gasteiger partial charge in [-0.2, -0.15) is 8.78 Å². The van der Waals surface area contributed by atoms with Crippen LogP contribution in [0.5, 0.6) is 0 Å². The van der Waals surface area contributed by atoms with E-state index in [4.69, 9.17) is 4.74 Å². The highest BCUT2D eigenvalue weighted by Gasteiger charge is 2.39. The van der Waals surface area contributed by atoms with Gasteiger partial charge < -0.3 is 20.3 Å². The molecule has 2 N–H and O–H groups in total. The smallest absolute Gasteiger partial charge is 0.303 e. The molecule has 1 aliphatic heterocycles. The van der Waals surface area contributed by atoms with Crippen LogP contribution in [0.3, 0.4) is 0 Å². The van der Waals surface area contributed by atoms with Crippen molar-refractivity contribution in [2.45, 2.75) is 32.3 Å². The summed E-state index contributed by atoms with van der Waals surface area (Å²) in [5.41, 5.74) is 1.29. The Hall–Kier alpha value is -3.80. The average molecular weight is 470 g/mol. The summed E-state index contributed by atoms with van der Waals surface area (Å²) in [5, 5.41) is 14.2. The van der Waals surface area contributed by atoms with Crippen molar-refractivity contribution >= 4 is 29.0 Å². The van der Waals surface area contributed by atoms with E-state index in [0.717, 1.165) is 6.92 Å². The molecule has 0 unspecified atom stereocenters. The van der Waals surface area contributed by atoms with Gasteiger partial charge in [0.25, 0.3) is 0 Å². The van der Waals surface area contributed by atoms with Crippen molar-refractivity contribution in [1.82, 2.24) is 25.1 Å². The van der Waals surface area contributed by atoms with Crippen LogP contribution in [0.25, 0.3) is 11.3 Å². The van der Waals surface area contributed by atoms with E-state index in [-0.39, 0.29) is 23.1 Å². The van der Waals surface area contributed by atoms with Gasteiger partial charge in [0.1, 0.15) is 11.6 Å². The number of alkyl halides is 2. The lowest BCUT2D eigenvalue weighted by Crippen LogP contribution is -2.61. The second kappa shape index (κ2) is 8.86. The number of carbonyl (C=O) groups is 1. The third kappa shape index (κ3) is 5.06. The highest BCUT2D eigenvalue weighted by molar-refractivity contribution is 5.89. The number of rotatable bonds is 7. The van der Waals surface area contributed by atoms with Gasteiger partial charge in [0, 0.05) is 45.0 Å². The van der Waals surface area contributed by atoms with E-state index in [2.05, 4.69) is 35.8 Å². The molecule has 4 rings (SSSR count). The molecule has 3 aromatic heterocycles. The number of hydrogen-bond acceptors (Lipinski definition) is 9. The Labute approximate surface area is 194 Å². The number of ether oxygens (including phenoxy) is 1. The predicted molar refractivity (Wildman–Crippen MR) is 122 cm³/mol. The average Bonchev–Trinajstić information content (AvgIpc) is 2.77. The molecule has 1 amide bonds. The minimum Gasteiger partial charge on any atom is -0.375 e. The van der Waals surface area contributed by atoms with Crippen molar-refractivity contribution in [1.29, 1.82) is 0 Å². The summed E-state index contributed by atoms with van der Waals surface area (Å²) < 4.78 is 32.9. The standard InChI is InChI=1S/C22H24F2N8O2/c1-13(33)27-18-9-16(28-17-7-8-25-20(29-17)22(3,23)24)14(10-26-18)15-5-6-19(31-30-15)32-11-21(2,12-32)34-4/h5-10H,11-12H2,1-4H3,(H2,25,26,27,28,29,33). The number of methoxy groups -OCH3 is 1. The molecule has 34 heavy (non-hydrogen) atoms. The van der Waals surface area contributed by atoms with Crippen LogP contribution in [0, 0.1) is 0 Å². The molecule has 178 valence electrons. The van der Waals surface area contributed by atoms with E-state index in [0.29, 0.717) is 35.9 Å². The summed E-state index contributed by atoms with van der Waals surface area (Å²) in [6.45, 7) is 5.52. The van der Waals surface area contributed by atoms with Crippen LogP contribution >= 0.6 is 0 Å². The number of aromatic nitrogens is 5. The highest BCUT2D eigenvalue weighted by atomic mass is 19.3. The van der Waals surface area contributed by atoms with Crippen LogP contribution in [0.2, 0.25) is 0 Å². The first kappa shape index (κ1) is 23.4. The summed E-state index contributed by atoms with van der Waals surface area (Å²) in [5.74, 6) is -2.98. The van der Waals surface area contributed by atoms with E-state index >= 15 is 0 Å². The first-order valence-electron chi connectivity index (χ1n) is 10.5. The molecule has 12 heteroatoms. The molecule has 0 atom stereocenters. The fourth-order valence-electron chi connectivity index (χ4n) is 3.48. The van der Waals surface area contributed by atoms with Crippen molar-refractivity contribution in [2.75, 3.05) is 35.7 Å². The summed E-state index contributed by atoms with van der Waals surface area (Å²) in [6.07, 6.45) is 2.76.